The van der Waals surface area contributed by atoms with E-state index in [0.29, 0.717) is 17.4 Å². The summed E-state index contributed by atoms with van der Waals surface area (Å²) in [5.41, 5.74) is 0.416. The van der Waals surface area contributed by atoms with Gasteiger partial charge >= 0.3 is 0 Å². The van der Waals surface area contributed by atoms with Crippen molar-refractivity contribution in [2.45, 2.75) is 46.1 Å². The molecule has 0 aliphatic heterocycles. The van der Waals surface area contributed by atoms with Crippen LogP contribution >= 0.6 is 0 Å². The van der Waals surface area contributed by atoms with E-state index < -0.39 is 0 Å². The fraction of sp³-hybridized carbons (Fsp3) is 0.533. The Balaban J connectivity index is 1.90. The Morgan fingerprint density at radius 3 is 2.85 bits per heavy atom. The van der Waals surface area contributed by atoms with E-state index in [4.69, 9.17) is 0 Å². The average Bonchev–Trinajstić information content (AvgIpc) is 2.82. The molecule has 20 heavy (non-hydrogen) atoms. The van der Waals surface area contributed by atoms with E-state index in [2.05, 4.69) is 29.1 Å². The Morgan fingerprint density at radius 2 is 2.15 bits per heavy atom. The van der Waals surface area contributed by atoms with Crippen LogP contribution in [0.5, 0.6) is 0 Å². The van der Waals surface area contributed by atoms with Crippen LogP contribution < -0.4 is 5.32 Å². The molecule has 108 valence electrons. The summed E-state index contributed by atoms with van der Waals surface area (Å²) < 4.78 is 1.75. The van der Waals surface area contributed by atoms with Crippen LogP contribution in [0.2, 0.25) is 0 Å². The van der Waals surface area contributed by atoms with Gasteiger partial charge in [0.05, 0.1) is 0 Å². The van der Waals surface area contributed by atoms with Crippen molar-refractivity contribution in [3.05, 3.63) is 30.4 Å². The summed E-state index contributed by atoms with van der Waals surface area (Å²) in [6.07, 6.45) is 8.52. The van der Waals surface area contributed by atoms with Gasteiger partial charge in [-0.15, -0.1) is 0 Å². The molecule has 0 unspecified atom stereocenters. The van der Waals surface area contributed by atoms with E-state index in [-0.39, 0.29) is 11.9 Å². The van der Waals surface area contributed by atoms with Gasteiger partial charge in [-0.3, -0.25) is 9.20 Å². The van der Waals surface area contributed by atoms with Crippen molar-refractivity contribution in [2.24, 2.45) is 5.92 Å². The number of carbonyl (C=O) groups is 1. The van der Waals surface area contributed by atoms with Gasteiger partial charge in [-0.1, -0.05) is 26.7 Å². The number of hydrogen-bond acceptors (Lipinski definition) is 3. The number of nitrogens with one attached hydrogen (secondary N) is 1. The molecule has 2 heterocycles. The summed E-state index contributed by atoms with van der Waals surface area (Å²) in [5.74, 6) is 1.13. The molecule has 0 saturated heterocycles. The Labute approximate surface area is 119 Å². The first-order valence-electron chi connectivity index (χ1n) is 7.17. The van der Waals surface area contributed by atoms with Gasteiger partial charge in [-0.25, -0.2) is 9.97 Å². The zero-order chi connectivity index (χ0) is 14.5. The fourth-order valence-electron chi connectivity index (χ4n) is 2.14. The van der Waals surface area contributed by atoms with Crippen molar-refractivity contribution >= 4 is 11.7 Å². The maximum Gasteiger partial charge on any atom is 0.271 e. The molecule has 0 aliphatic rings. The number of rotatable bonds is 6. The third kappa shape index (κ3) is 3.79. The monoisotopic (exact) mass is 274 g/mol. The molecule has 0 saturated carbocycles. The number of aromatic nitrogens is 3. The summed E-state index contributed by atoms with van der Waals surface area (Å²) in [4.78, 5) is 20.4. The maximum absolute atomic E-state index is 12.1. The maximum atomic E-state index is 12.1. The molecule has 0 fully saturated rings. The number of hydrogen-bond donors (Lipinski definition) is 1. The van der Waals surface area contributed by atoms with Crippen LogP contribution in [0.15, 0.2) is 24.7 Å². The van der Waals surface area contributed by atoms with Crippen LogP contribution in [0, 0.1) is 5.92 Å². The summed E-state index contributed by atoms with van der Waals surface area (Å²) in [6, 6.07) is 1.98. The van der Waals surface area contributed by atoms with Gasteiger partial charge in [0.25, 0.3) is 5.91 Å². The predicted molar refractivity (Wildman–Crippen MR) is 78.6 cm³/mol. The third-order valence-electron chi connectivity index (χ3n) is 3.26. The molecule has 1 atom stereocenters. The van der Waals surface area contributed by atoms with Gasteiger partial charge in [-0.05, 0) is 25.3 Å². The highest BCUT2D eigenvalue weighted by molar-refractivity contribution is 5.92. The first-order valence-corrected chi connectivity index (χ1v) is 7.17. The van der Waals surface area contributed by atoms with Crippen LogP contribution in [0.1, 0.15) is 50.5 Å². The van der Waals surface area contributed by atoms with Crippen LogP contribution in [0.4, 0.5) is 0 Å². The minimum Gasteiger partial charge on any atom is -0.348 e. The molecule has 0 aliphatic carbocycles. The molecular weight excluding hydrogens is 252 g/mol. The van der Waals surface area contributed by atoms with Crippen LogP contribution in [-0.2, 0) is 0 Å². The number of fused-ring (bicyclic) bond motifs is 1. The highest BCUT2D eigenvalue weighted by atomic mass is 16.1. The van der Waals surface area contributed by atoms with E-state index >= 15 is 0 Å². The van der Waals surface area contributed by atoms with E-state index in [1.807, 2.05) is 19.2 Å². The molecule has 1 amide bonds. The first-order chi connectivity index (χ1) is 9.56. The summed E-state index contributed by atoms with van der Waals surface area (Å²) >= 11 is 0. The highest BCUT2D eigenvalue weighted by Crippen LogP contribution is 2.09. The molecule has 2 aromatic heterocycles. The fourth-order valence-corrected chi connectivity index (χ4v) is 2.14. The van der Waals surface area contributed by atoms with Gasteiger partial charge in [0, 0.05) is 24.6 Å². The second kappa shape index (κ2) is 6.50. The normalized spacial score (nSPS) is 12.8. The second-order valence-corrected chi connectivity index (χ2v) is 5.65. The van der Waals surface area contributed by atoms with Crippen LogP contribution in [0.25, 0.3) is 5.78 Å². The molecule has 0 bridgehead atoms. The Hall–Kier alpha value is -1.91. The van der Waals surface area contributed by atoms with Crippen molar-refractivity contribution in [3.8, 4) is 0 Å². The summed E-state index contributed by atoms with van der Waals surface area (Å²) in [5, 5.41) is 2.99. The van der Waals surface area contributed by atoms with E-state index in [1.54, 1.807) is 16.8 Å². The van der Waals surface area contributed by atoms with Gasteiger partial charge in [0.2, 0.25) is 5.78 Å². The Bertz CT molecular complexity index is 543. The van der Waals surface area contributed by atoms with Crippen LogP contribution in [-0.4, -0.2) is 26.3 Å². The molecule has 0 aromatic carbocycles. The smallest absolute Gasteiger partial charge is 0.271 e. The lowest BCUT2D eigenvalue weighted by atomic mass is 10.0. The zero-order valence-electron chi connectivity index (χ0n) is 12.3. The highest BCUT2D eigenvalue weighted by Gasteiger charge is 2.13. The third-order valence-corrected chi connectivity index (χ3v) is 3.26. The SMILES string of the molecule is CC(C)CCC[C@@H](C)NC(=O)c1cn2cccnc2n1. The quantitative estimate of drug-likeness (QED) is 0.881. The topological polar surface area (TPSA) is 59.3 Å². The first kappa shape index (κ1) is 14.5. The number of imidazole rings is 1. The molecule has 0 spiro atoms. The van der Waals surface area contributed by atoms with Gasteiger partial charge < -0.3 is 5.32 Å². The number of carbonyl (C=O) groups excluding carboxylic acids is 1. The minimum absolute atomic E-state index is 0.132. The largest absolute Gasteiger partial charge is 0.348 e. The van der Waals surface area contributed by atoms with Gasteiger partial charge in [-0.2, -0.15) is 0 Å². The van der Waals surface area contributed by atoms with Gasteiger partial charge in [0.1, 0.15) is 5.69 Å². The lowest BCUT2D eigenvalue weighted by Crippen LogP contribution is -2.32. The minimum atomic E-state index is -0.132. The molecular formula is C15H22N4O. The molecule has 2 aromatic rings. The average molecular weight is 274 g/mol. The zero-order valence-corrected chi connectivity index (χ0v) is 12.3. The summed E-state index contributed by atoms with van der Waals surface area (Å²) in [7, 11) is 0. The van der Waals surface area contributed by atoms with Crippen LogP contribution in [0.3, 0.4) is 0 Å². The van der Waals surface area contributed by atoms with Crippen molar-refractivity contribution in [2.75, 3.05) is 0 Å². The molecule has 1 N–H and O–H groups in total. The Kier molecular flexibility index (Phi) is 4.71. The predicted octanol–water partition coefficient (Wildman–Crippen LogP) is 2.67. The van der Waals surface area contributed by atoms with E-state index in [0.717, 1.165) is 12.8 Å². The molecule has 5 nitrogen and oxygen atoms in total. The van der Waals surface area contributed by atoms with Crippen molar-refractivity contribution in [1.29, 1.82) is 0 Å². The van der Waals surface area contributed by atoms with Crippen molar-refractivity contribution in [1.82, 2.24) is 19.7 Å². The van der Waals surface area contributed by atoms with Crippen molar-refractivity contribution in [3.63, 3.8) is 0 Å². The lowest BCUT2D eigenvalue weighted by Gasteiger charge is -2.13. The molecule has 5 heteroatoms. The summed E-state index contributed by atoms with van der Waals surface area (Å²) in [6.45, 7) is 6.46. The van der Waals surface area contributed by atoms with E-state index in [1.165, 1.54) is 6.42 Å². The van der Waals surface area contributed by atoms with E-state index in [9.17, 15) is 4.79 Å². The standard InChI is InChI=1S/C15H22N4O/c1-11(2)6-4-7-12(3)17-14(20)13-10-19-9-5-8-16-15(19)18-13/h5,8-12H,4,6-7H2,1-3H3,(H,17,20)/t12-/m1/s1. The lowest BCUT2D eigenvalue weighted by molar-refractivity contribution is 0.0933. The second-order valence-electron chi connectivity index (χ2n) is 5.65. The molecule has 2 rings (SSSR count). The van der Waals surface area contributed by atoms with Crippen molar-refractivity contribution < 1.29 is 4.79 Å². The van der Waals surface area contributed by atoms with Gasteiger partial charge in [0.15, 0.2) is 0 Å². The molecule has 0 radical (unpaired) electrons. The number of nitrogens with zero attached hydrogens (tertiary/aromatic N) is 3. The Morgan fingerprint density at radius 1 is 1.35 bits per heavy atom. The number of amides is 1.